The number of aromatic nitrogens is 2. The third kappa shape index (κ3) is 3.03. The maximum absolute atomic E-state index is 13.0. The molecule has 0 aromatic carbocycles. The molecule has 0 saturated carbocycles. The molecule has 0 radical (unpaired) electrons. The van der Waals surface area contributed by atoms with Gasteiger partial charge in [0.2, 0.25) is 0 Å². The van der Waals surface area contributed by atoms with Crippen LogP contribution in [-0.2, 0) is 6.54 Å². The van der Waals surface area contributed by atoms with Gasteiger partial charge in [-0.25, -0.2) is 0 Å². The third-order valence-electron chi connectivity index (χ3n) is 4.69. The van der Waals surface area contributed by atoms with Crippen LogP contribution in [0.5, 0.6) is 0 Å². The van der Waals surface area contributed by atoms with Gasteiger partial charge in [-0.15, -0.1) is 11.3 Å². The maximum atomic E-state index is 13.0. The van der Waals surface area contributed by atoms with E-state index in [1.807, 2.05) is 6.92 Å². The second-order valence-electron chi connectivity index (χ2n) is 7.44. The van der Waals surface area contributed by atoms with Crippen LogP contribution in [0.25, 0.3) is 10.2 Å². The monoisotopic (exact) mass is 333 g/mol. The molecule has 4 nitrogen and oxygen atoms in total. The molecule has 0 spiro atoms. The van der Waals surface area contributed by atoms with Gasteiger partial charge < -0.3 is 4.90 Å². The van der Waals surface area contributed by atoms with Crippen LogP contribution in [0.4, 0.5) is 0 Å². The zero-order valence-corrected chi connectivity index (χ0v) is 15.6. The van der Waals surface area contributed by atoms with Crippen LogP contribution in [0.1, 0.15) is 55.9 Å². The summed E-state index contributed by atoms with van der Waals surface area (Å²) in [4.78, 5) is 17.1. The van der Waals surface area contributed by atoms with Crippen molar-refractivity contribution in [3.8, 4) is 0 Å². The fourth-order valence-corrected chi connectivity index (χ4v) is 4.69. The Kier molecular flexibility index (Phi) is 4.50. The Morgan fingerprint density at radius 2 is 2.13 bits per heavy atom. The molecule has 1 amide bonds. The Morgan fingerprint density at radius 3 is 2.78 bits per heavy atom. The number of nitrogens with zero attached hydrogens (tertiary/aromatic N) is 3. The molecule has 1 unspecified atom stereocenters. The second kappa shape index (κ2) is 6.27. The van der Waals surface area contributed by atoms with Gasteiger partial charge in [-0.1, -0.05) is 27.7 Å². The van der Waals surface area contributed by atoms with E-state index in [0.717, 1.165) is 46.7 Å². The summed E-state index contributed by atoms with van der Waals surface area (Å²) >= 11 is 1.60. The van der Waals surface area contributed by atoms with Gasteiger partial charge >= 0.3 is 0 Å². The van der Waals surface area contributed by atoms with Gasteiger partial charge in [0.05, 0.1) is 10.6 Å². The summed E-state index contributed by atoms with van der Waals surface area (Å²) in [6.07, 6.45) is 2.26. The van der Waals surface area contributed by atoms with Crippen LogP contribution in [-0.4, -0.2) is 33.2 Å². The predicted molar refractivity (Wildman–Crippen MR) is 96.1 cm³/mol. The highest BCUT2D eigenvalue weighted by Crippen LogP contribution is 2.32. The van der Waals surface area contributed by atoms with Crippen molar-refractivity contribution in [2.24, 2.45) is 11.8 Å². The molecule has 1 saturated heterocycles. The van der Waals surface area contributed by atoms with Crippen LogP contribution in [0.2, 0.25) is 0 Å². The van der Waals surface area contributed by atoms with Gasteiger partial charge in [0.25, 0.3) is 5.91 Å². The van der Waals surface area contributed by atoms with Gasteiger partial charge in [0.15, 0.2) is 0 Å². The van der Waals surface area contributed by atoms with E-state index in [1.54, 1.807) is 11.3 Å². The van der Waals surface area contributed by atoms with Gasteiger partial charge in [-0.05, 0) is 37.7 Å². The molecule has 1 aliphatic heterocycles. The lowest BCUT2D eigenvalue weighted by Crippen LogP contribution is -2.38. The standard InChI is InChI=1S/C18H27N3OS/c1-11(2)10-21-18-14(13(5)19-21)9-16(23-18)17(22)20-8-6-7-15(20)12(3)4/h9,11-12,15H,6-8,10H2,1-5H3. The minimum absolute atomic E-state index is 0.206. The SMILES string of the molecule is Cc1nn(CC(C)C)c2sc(C(=O)N3CCCC3C(C)C)cc12. The molecule has 3 heterocycles. The number of thiophene rings is 1. The zero-order valence-electron chi connectivity index (χ0n) is 14.8. The fourth-order valence-electron chi connectivity index (χ4n) is 3.57. The first kappa shape index (κ1) is 16.5. The van der Waals surface area contributed by atoms with Crippen molar-refractivity contribution in [3.63, 3.8) is 0 Å². The molecule has 1 fully saturated rings. The van der Waals surface area contributed by atoms with E-state index in [4.69, 9.17) is 0 Å². The summed E-state index contributed by atoms with van der Waals surface area (Å²) < 4.78 is 2.07. The normalized spacial score (nSPS) is 18.7. The second-order valence-corrected chi connectivity index (χ2v) is 8.47. The van der Waals surface area contributed by atoms with E-state index in [9.17, 15) is 4.79 Å². The number of carbonyl (C=O) groups excluding carboxylic acids is 1. The minimum atomic E-state index is 0.206. The number of likely N-dealkylation sites (tertiary alicyclic amines) is 1. The van der Waals surface area contributed by atoms with Crippen molar-refractivity contribution >= 4 is 27.5 Å². The minimum Gasteiger partial charge on any atom is -0.335 e. The van der Waals surface area contributed by atoms with Crippen molar-refractivity contribution in [2.45, 2.75) is 60.0 Å². The molecule has 5 heteroatoms. The Balaban J connectivity index is 1.92. The summed E-state index contributed by atoms with van der Waals surface area (Å²) in [5.74, 6) is 1.27. The average molecular weight is 334 g/mol. The fraction of sp³-hybridized carbons (Fsp3) is 0.667. The lowest BCUT2D eigenvalue weighted by molar-refractivity contribution is 0.0706. The summed E-state index contributed by atoms with van der Waals surface area (Å²) in [6.45, 7) is 12.6. The molecule has 2 aromatic heterocycles. The summed E-state index contributed by atoms with van der Waals surface area (Å²) in [7, 11) is 0. The summed E-state index contributed by atoms with van der Waals surface area (Å²) in [6, 6.07) is 2.44. The number of amides is 1. The zero-order chi connectivity index (χ0) is 16.7. The van der Waals surface area contributed by atoms with Crippen molar-refractivity contribution in [2.75, 3.05) is 6.54 Å². The lowest BCUT2D eigenvalue weighted by Gasteiger charge is -2.27. The summed E-state index contributed by atoms with van der Waals surface area (Å²) in [5, 5.41) is 5.77. The van der Waals surface area contributed by atoms with Crippen LogP contribution in [0.15, 0.2) is 6.07 Å². The van der Waals surface area contributed by atoms with Gasteiger partial charge in [-0.2, -0.15) is 5.10 Å². The van der Waals surface area contributed by atoms with Crippen molar-refractivity contribution < 1.29 is 4.79 Å². The topological polar surface area (TPSA) is 38.1 Å². The van der Waals surface area contributed by atoms with Crippen LogP contribution in [0, 0.1) is 18.8 Å². The number of aryl methyl sites for hydroxylation is 1. The molecule has 1 aliphatic rings. The number of hydrogen-bond donors (Lipinski definition) is 0. The van der Waals surface area contributed by atoms with Crippen molar-refractivity contribution in [1.82, 2.24) is 14.7 Å². The predicted octanol–water partition coefficient (Wildman–Crippen LogP) is 4.32. The Morgan fingerprint density at radius 1 is 1.39 bits per heavy atom. The van der Waals surface area contributed by atoms with E-state index in [1.165, 1.54) is 0 Å². The van der Waals surface area contributed by atoms with E-state index in [2.05, 4.69) is 48.4 Å². The molecule has 0 aliphatic carbocycles. The highest BCUT2D eigenvalue weighted by atomic mass is 32.1. The Bertz CT molecular complexity index is 713. The van der Waals surface area contributed by atoms with E-state index < -0.39 is 0 Å². The number of fused-ring (bicyclic) bond motifs is 1. The Hall–Kier alpha value is -1.36. The highest BCUT2D eigenvalue weighted by Gasteiger charge is 2.32. The van der Waals surface area contributed by atoms with Crippen LogP contribution in [0.3, 0.4) is 0 Å². The Labute approximate surface area is 142 Å². The van der Waals surface area contributed by atoms with Gasteiger partial charge in [-0.3, -0.25) is 9.48 Å². The van der Waals surface area contributed by atoms with Crippen LogP contribution < -0.4 is 0 Å². The smallest absolute Gasteiger partial charge is 0.264 e. The first-order valence-corrected chi connectivity index (χ1v) is 9.48. The van der Waals surface area contributed by atoms with E-state index in [0.29, 0.717) is 17.9 Å². The van der Waals surface area contributed by atoms with Crippen molar-refractivity contribution in [3.05, 3.63) is 16.6 Å². The number of rotatable bonds is 4. The molecular weight excluding hydrogens is 306 g/mol. The van der Waals surface area contributed by atoms with Gasteiger partial charge in [0, 0.05) is 24.5 Å². The third-order valence-corrected chi connectivity index (χ3v) is 5.82. The highest BCUT2D eigenvalue weighted by molar-refractivity contribution is 7.20. The van der Waals surface area contributed by atoms with E-state index in [-0.39, 0.29) is 5.91 Å². The quantitative estimate of drug-likeness (QED) is 0.835. The lowest BCUT2D eigenvalue weighted by atomic mass is 10.0. The number of hydrogen-bond acceptors (Lipinski definition) is 3. The average Bonchev–Trinajstić information content (AvgIpc) is 3.16. The number of carbonyl (C=O) groups is 1. The van der Waals surface area contributed by atoms with Crippen molar-refractivity contribution in [1.29, 1.82) is 0 Å². The van der Waals surface area contributed by atoms with E-state index >= 15 is 0 Å². The summed E-state index contributed by atoms with van der Waals surface area (Å²) in [5.41, 5.74) is 1.03. The van der Waals surface area contributed by atoms with Crippen LogP contribution >= 0.6 is 11.3 Å². The first-order chi connectivity index (χ1) is 10.9. The molecule has 3 rings (SSSR count). The molecule has 2 aromatic rings. The molecule has 0 bridgehead atoms. The van der Waals surface area contributed by atoms with Gasteiger partial charge in [0.1, 0.15) is 4.83 Å². The largest absolute Gasteiger partial charge is 0.335 e. The molecular formula is C18H27N3OS. The molecule has 1 atom stereocenters. The maximum Gasteiger partial charge on any atom is 0.264 e. The molecule has 0 N–H and O–H groups in total. The molecule has 23 heavy (non-hydrogen) atoms. The first-order valence-electron chi connectivity index (χ1n) is 8.66. The molecule has 126 valence electrons.